The second-order valence-corrected chi connectivity index (χ2v) is 7.45. The number of para-hydroxylation sites is 1. The molecule has 2 heterocycles. The predicted molar refractivity (Wildman–Crippen MR) is 118 cm³/mol. The second kappa shape index (κ2) is 7.61. The van der Waals surface area contributed by atoms with E-state index in [1.807, 2.05) is 72.4 Å². The van der Waals surface area contributed by atoms with Crippen LogP contribution >= 0.6 is 0 Å². The van der Waals surface area contributed by atoms with Crippen molar-refractivity contribution in [2.75, 3.05) is 0 Å². The van der Waals surface area contributed by atoms with Gasteiger partial charge in [0.25, 0.3) is 0 Å². The highest BCUT2D eigenvalue weighted by atomic mass is 16.5. The summed E-state index contributed by atoms with van der Waals surface area (Å²) in [5.74, 6) is 0.423. The number of allylic oxidation sites excluding steroid dienone is 1. The first-order valence-electron chi connectivity index (χ1n) is 9.95. The third-order valence-corrected chi connectivity index (χ3v) is 5.28. The van der Waals surface area contributed by atoms with Gasteiger partial charge in [0.1, 0.15) is 11.5 Å². The summed E-state index contributed by atoms with van der Waals surface area (Å²) in [5.41, 5.74) is 3.31. The standard InChI is InChI=1S/C26H19NO4/c1-27-16-18(20-9-5-6-10-22(20)27)14-24-26(29)21-12-11-19(15-23(21)31-24)30-25(28)13-17-7-3-2-4-8-17/h2-12,14-16H,13H2,1H3/b24-14-. The van der Waals surface area contributed by atoms with Crippen molar-refractivity contribution in [1.82, 2.24) is 4.57 Å². The van der Waals surface area contributed by atoms with Crippen LogP contribution in [0.25, 0.3) is 17.0 Å². The molecule has 152 valence electrons. The van der Waals surface area contributed by atoms with Gasteiger partial charge in [-0.05, 0) is 29.8 Å². The number of hydrogen-bond donors (Lipinski definition) is 0. The summed E-state index contributed by atoms with van der Waals surface area (Å²) >= 11 is 0. The molecule has 0 radical (unpaired) electrons. The Hall–Kier alpha value is -4.12. The van der Waals surface area contributed by atoms with Gasteiger partial charge in [-0.25, -0.2) is 0 Å². The van der Waals surface area contributed by atoms with Gasteiger partial charge < -0.3 is 14.0 Å². The number of carbonyl (C=O) groups is 2. The SMILES string of the molecule is Cn1cc(/C=C2\Oc3cc(OC(=O)Cc4ccccc4)ccc3C2=O)c2ccccc21. The van der Waals surface area contributed by atoms with Crippen molar-refractivity contribution < 1.29 is 19.1 Å². The smallest absolute Gasteiger partial charge is 0.315 e. The molecule has 0 saturated carbocycles. The van der Waals surface area contributed by atoms with Crippen LogP contribution in [0.15, 0.2) is 84.8 Å². The van der Waals surface area contributed by atoms with Crippen LogP contribution in [-0.4, -0.2) is 16.3 Å². The van der Waals surface area contributed by atoms with Crippen LogP contribution in [-0.2, 0) is 18.3 Å². The molecule has 1 aliphatic rings. The molecule has 5 heteroatoms. The summed E-state index contributed by atoms with van der Waals surface area (Å²) in [6.45, 7) is 0. The zero-order valence-electron chi connectivity index (χ0n) is 16.9. The van der Waals surface area contributed by atoms with Crippen LogP contribution in [0.1, 0.15) is 21.5 Å². The molecule has 5 rings (SSSR count). The molecular formula is C26H19NO4. The number of esters is 1. The number of aromatic nitrogens is 1. The number of fused-ring (bicyclic) bond motifs is 2. The largest absolute Gasteiger partial charge is 0.452 e. The van der Waals surface area contributed by atoms with Gasteiger partial charge in [0.15, 0.2) is 5.76 Å². The number of ketones is 1. The zero-order chi connectivity index (χ0) is 21.4. The van der Waals surface area contributed by atoms with Crippen molar-refractivity contribution in [3.63, 3.8) is 0 Å². The topological polar surface area (TPSA) is 57.5 Å². The summed E-state index contributed by atoms with van der Waals surface area (Å²) < 4.78 is 13.3. The number of Topliss-reactive ketones (excluding diaryl/α,β-unsaturated/α-hetero) is 1. The first-order chi connectivity index (χ1) is 15.1. The van der Waals surface area contributed by atoms with Crippen molar-refractivity contribution in [2.45, 2.75) is 6.42 Å². The van der Waals surface area contributed by atoms with Gasteiger partial charge >= 0.3 is 5.97 Å². The first kappa shape index (κ1) is 18.9. The van der Waals surface area contributed by atoms with E-state index in [-0.39, 0.29) is 23.9 Å². The average molecular weight is 409 g/mol. The third-order valence-electron chi connectivity index (χ3n) is 5.28. The maximum atomic E-state index is 12.8. The Morgan fingerprint density at radius 2 is 1.81 bits per heavy atom. The molecule has 31 heavy (non-hydrogen) atoms. The van der Waals surface area contributed by atoms with Gasteiger partial charge in [-0.3, -0.25) is 9.59 Å². The van der Waals surface area contributed by atoms with E-state index in [2.05, 4.69) is 0 Å². The normalized spacial score (nSPS) is 14.0. The van der Waals surface area contributed by atoms with E-state index in [0.717, 1.165) is 22.0 Å². The number of nitrogens with zero attached hydrogens (tertiary/aromatic N) is 1. The van der Waals surface area contributed by atoms with Gasteiger partial charge in [-0.15, -0.1) is 0 Å². The Morgan fingerprint density at radius 3 is 2.65 bits per heavy atom. The molecule has 1 aromatic heterocycles. The molecule has 0 fully saturated rings. The zero-order valence-corrected chi connectivity index (χ0v) is 16.9. The number of hydrogen-bond acceptors (Lipinski definition) is 4. The van der Waals surface area contributed by atoms with E-state index in [1.165, 1.54) is 0 Å². The molecule has 0 amide bonds. The van der Waals surface area contributed by atoms with Crippen molar-refractivity contribution >= 4 is 28.7 Å². The summed E-state index contributed by atoms with van der Waals surface area (Å²) in [6, 6.07) is 22.2. The molecule has 4 aromatic rings. The van der Waals surface area contributed by atoms with Crippen molar-refractivity contribution in [1.29, 1.82) is 0 Å². The molecular weight excluding hydrogens is 390 g/mol. The van der Waals surface area contributed by atoms with Gasteiger partial charge in [0.05, 0.1) is 12.0 Å². The molecule has 1 aliphatic heterocycles. The minimum atomic E-state index is -0.373. The number of ether oxygens (including phenoxy) is 2. The molecule has 0 N–H and O–H groups in total. The Balaban J connectivity index is 1.37. The van der Waals surface area contributed by atoms with Crippen LogP contribution in [0.2, 0.25) is 0 Å². The quantitative estimate of drug-likeness (QED) is 0.272. The molecule has 0 atom stereocenters. The molecule has 3 aromatic carbocycles. The monoisotopic (exact) mass is 409 g/mol. The lowest BCUT2D eigenvalue weighted by Crippen LogP contribution is -2.11. The second-order valence-electron chi connectivity index (χ2n) is 7.45. The van der Waals surface area contributed by atoms with Crippen LogP contribution in [0.3, 0.4) is 0 Å². The van der Waals surface area contributed by atoms with Crippen molar-refractivity contribution in [3.05, 3.63) is 101 Å². The predicted octanol–water partition coefficient (Wildman–Crippen LogP) is 4.94. The minimum Gasteiger partial charge on any atom is -0.452 e. The van der Waals surface area contributed by atoms with E-state index in [9.17, 15) is 9.59 Å². The Labute approximate surface area is 179 Å². The number of benzene rings is 3. The lowest BCUT2D eigenvalue weighted by atomic mass is 10.1. The molecule has 0 saturated heterocycles. The summed E-state index contributed by atoms with van der Waals surface area (Å²) in [4.78, 5) is 25.0. The summed E-state index contributed by atoms with van der Waals surface area (Å²) in [7, 11) is 1.96. The Kier molecular flexibility index (Phi) is 4.64. The van der Waals surface area contributed by atoms with Gasteiger partial charge in [0, 0.05) is 35.8 Å². The highest BCUT2D eigenvalue weighted by molar-refractivity contribution is 6.15. The van der Waals surface area contributed by atoms with Crippen LogP contribution in [0.5, 0.6) is 11.5 Å². The fourth-order valence-electron chi connectivity index (χ4n) is 3.79. The fraction of sp³-hybridized carbons (Fsp3) is 0.0769. The summed E-state index contributed by atoms with van der Waals surface area (Å²) in [6.07, 6.45) is 3.89. The van der Waals surface area contributed by atoms with Crippen molar-refractivity contribution in [2.24, 2.45) is 7.05 Å². The molecule has 0 aliphatic carbocycles. The molecule has 0 spiro atoms. The van der Waals surface area contributed by atoms with Gasteiger partial charge in [0.2, 0.25) is 5.78 Å². The maximum Gasteiger partial charge on any atom is 0.315 e. The van der Waals surface area contributed by atoms with E-state index in [4.69, 9.17) is 9.47 Å². The lowest BCUT2D eigenvalue weighted by Gasteiger charge is -2.05. The van der Waals surface area contributed by atoms with Crippen molar-refractivity contribution in [3.8, 4) is 11.5 Å². The van der Waals surface area contributed by atoms with Gasteiger partial charge in [-0.1, -0.05) is 48.5 Å². The van der Waals surface area contributed by atoms with Crippen LogP contribution in [0, 0.1) is 0 Å². The maximum absolute atomic E-state index is 12.8. The van der Waals surface area contributed by atoms with E-state index < -0.39 is 0 Å². The Morgan fingerprint density at radius 1 is 1.03 bits per heavy atom. The highest BCUT2D eigenvalue weighted by Crippen LogP contribution is 2.35. The third kappa shape index (κ3) is 3.62. The molecule has 5 nitrogen and oxygen atoms in total. The van der Waals surface area contributed by atoms with Crippen LogP contribution in [0.4, 0.5) is 0 Å². The van der Waals surface area contributed by atoms with E-state index >= 15 is 0 Å². The number of rotatable bonds is 4. The molecule has 0 unspecified atom stereocenters. The van der Waals surface area contributed by atoms with Crippen LogP contribution < -0.4 is 9.47 Å². The number of aryl methyl sites for hydroxylation is 1. The minimum absolute atomic E-state index is 0.171. The van der Waals surface area contributed by atoms with E-state index in [1.54, 1.807) is 24.3 Å². The van der Waals surface area contributed by atoms with Gasteiger partial charge in [-0.2, -0.15) is 0 Å². The van der Waals surface area contributed by atoms with E-state index in [0.29, 0.717) is 17.1 Å². The average Bonchev–Trinajstić information content (AvgIpc) is 3.25. The first-order valence-corrected chi connectivity index (χ1v) is 9.95. The highest BCUT2D eigenvalue weighted by Gasteiger charge is 2.28. The number of carbonyl (C=O) groups excluding carboxylic acids is 2. The lowest BCUT2D eigenvalue weighted by molar-refractivity contribution is -0.133. The fourth-order valence-corrected chi connectivity index (χ4v) is 3.79. The Bertz CT molecular complexity index is 1350. The molecule has 0 bridgehead atoms. The summed E-state index contributed by atoms with van der Waals surface area (Å²) in [5, 5.41) is 1.04.